The fraction of sp³-hybridized carbons (Fsp3) is 0.381. The van der Waals surface area contributed by atoms with Crippen molar-refractivity contribution < 1.29 is 4.79 Å². The molecule has 4 nitrogen and oxygen atoms in total. The third-order valence-corrected chi connectivity index (χ3v) is 14.3. The summed E-state index contributed by atoms with van der Waals surface area (Å²) in [5.74, 6) is 0. The maximum atomic E-state index is 11.9. The van der Waals surface area contributed by atoms with Crippen LogP contribution >= 0.6 is 0 Å². The normalized spacial score (nSPS) is 18.8. The molecule has 5 heteroatoms. The van der Waals surface area contributed by atoms with E-state index in [4.69, 9.17) is 5.73 Å². The summed E-state index contributed by atoms with van der Waals surface area (Å²) in [4.78, 5) is 16.9. The molecule has 0 bridgehead atoms. The van der Waals surface area contributed by atoms with Crippen molar-refractivity contribution in [1.29, 1.82) is 0 Å². The first kappa shape index (κ1) is 17.9. The van der Waals surface area contributed by atoms with Crippen LogP contribution in [0.4, 0.5) is 4.79 Å². The molecule has 134 valence electrons. The SMILES string of the molecule is N[C](=O)[In]1[CH2]CCC=[C]1N1CCN(Cc2cccc3ccccc23)CC1. The first-order chi connectivity index (χ1) is 12.7. The number of nitrogens with two attached hydrogens (primary N) is 1. The minimum atomic E-state index is -2.38. The fourth-order valence-electron chi connectivity index (χ4n) is 4.34. The van der Waals surface area contributed by atoms with Crippen molar-refractivity contribution in [3.63, 3.8) is 0 Å². The van der Waals surface area contributed by atoms with E-state index in [0.29, 0.717) is 0 Å². The quantitative estimate of drug-likeness (QED) is 0.776. The minimum absolute atomic E-state index is 0.0379. The number of allylic oxidation sites excluding steroid dienone is 1. The zero-order valence-corrected chi connectivity index (χ0v) is 18.5. The molecule has 0 aliphatic carbocycles. The molecule has 2 heterocycles. The van der Waals surface area contributed by atoms with E-state index in [2.05, 4.69) is 58.3 Å². The molecule has 0 saturated carbocycles. The van der Waals surface area contributed by atoms with Gasteiger partial charge < -0.3 is 0 Å². The van der Waals surface area contributed by atoms with Crippen LogP contribution in [0.1, 0.15) is 18.4 Å². The third kappa shape index (κ3) is 3.79. The van der Waals surface area contributed by atoms with Gasteiger partial charge in [0.25, 0.3) is 0 Å². The van der Waals surface area contributed by atoms with Gasteiger partial charge in [0.15, 0.2) is 0 Å². The van der Waals surface area contributed by atoms with Crippen LogP contribution in [0.3, 0.4) is 0 Å². The number of benzene rings is 2. The Bertz CT molecular complexity index is 822. The van der Waals surface area contributed by atoms with Crippen LogP contribution < -0.4 is 5.73 Å². The summed E-state index contributed by atoms with van der Waals surface area (Å²) in [5, 5.41) is 2.67. The van der Waals surface area contributed by atoms with Crippen LogP contribution in [0.25, 0.3) is 10.8 Å². The molecule has 1 amide bonds. The van der Waals surface area contributed by atoms with Gasteiger partial charge in [-0.05, 0) is 0 Å². The zero-order chi connectivity index (χ0) is 17.9. The van der Waals surface area contributed by atoms with Crippen LogP contribution in [0, 0.1) is 0 Å². The number of rotatable bonds is 4. The molecule has 4 rings (SSSR count). The Morgan fingerprint density at radius 3 is 2.62 bits per heavy atom. The summed E-state index contributed by atoms with van der Waals surface area (Å²) in [7, 11) is 0. The van der Waals surface area contributed by atoms with Crippen LogP contribution in [0.2, 0.25) is 4.18 Å². The molecule has 2 aliphatic rings. The Balaban J connectivity index is 1.42. The Morgan fingerprint density at radius 1 is 1.04 bits per heavy atom. The van der Waals surface area contributed by atoms with E-state index in [1.54, 1.807) is 0 Å². The molecule has 1 fully saturated rings. The second kappa shape index (κ2) is 8.05. The van der Waals surface area contributed by atoms with Crippen molar-refractivity contribution >= 4 is 35.9 Å². The van der Waals surface area contributed by atoms with Crippen LogP contribution in [-0.2, 0) is 6.54 Å². The summed E-state index contributed by atoms with van der Waals surface area (Å²) < 4.78 is 2.53. The van der Waals surface area contributed by atoms with Gasteiger partial charge in [-0.3, -0.25) is 0 Å². The van der Waals surface area contributed by atoms with Gasteiger partial charge in [0.2, 0.25) is 0 Å². The summed E-state index contributed by atoms with van der Waals surface area (Å²) >= 11 is -2.38. The molecule has 2 N–H and O–H groups in total. The predicted molar refractivity (Wildman–Crippen MR) is 108 cm³/mol. The van der Waals surface area contributed by atoms with E-state index in [1.807, 2.05) is 0 Å². The molecule has 26 heavy (non-hydrogen) atoms. The van der Waals surface area contributed by atoms with Crippen molar-refractivity contribution in [2.24, 2.45) is 5.73 Å². The standard InChI is InChI=1S/C20H24N2.CH2NO.In/c1-2-3-6-12-21-13-15-22(16-14-21)17-19-10-7-9-18-8-4-5-11-20(18)19;2-1-3;/h4-11H,1-3,13-17H2;(H2,2,3);. The number of carbonyl (C=O) groups excluding carboxylic acids is 1. The second-order valence-corrected chi connectivity index (χ2v) is 15.5. The van der Waals surface area contributed by atoms with Crippen LogP contribution in [0.15, 0.2) is 52.0 Å². The van der Waals surface area contributed by atoms with Gasteiger partial charge in [0.1, 0.15) is 0 Å². The van der Waals surface area contributed by atoms with Crippen LogP contribution in [-0.4, -0.2) is 61.1 Å². The number of piperazine rings is 1. The van der Waals surface area contributed by atoms with E-state index in [-0.39, 0.29) is 3.66 Å². The van der Waals surface area contributed by atoms with Crippen molar-refractivity contribution in [2.45, 2.75) is 23.6 Å². The van der Waals surface area contributed by atoms with Crippen molar-refractivity contribution in [3.8, 4) is 0 Å². The molecular weight excluding hydrogens is 425 g/mol. The molecular formula is C21H26InN3O. The van der Waals surface area contributed by atoms with Crippen molar-refractivity contribution in [3.05, 3.63) is 57.6 Å². The van der Waals surface area contributed by atoms with E-state index in [9.17, 15) is 4.79 Å². The van der Waals surface area contributed by atoms with E-state index >= 15 is 0 Å². The first-order valence-corrected chi connectivity index (χ1v) is 15.3. The van der Waals surface area contributed by atoms with Gasteiger partial charge in [-0.15, -0.1) is 0 Å². The van der Waals surface area contributed by atoms with Gasteiger partial charge in [-0.25, -0.2) is 0 Å². The molecule has 0 radical (unpaired) electrons. The molecule has 0 atom stereocenters. The first-order valence-electron chi connectivity index (χ1n) is 9.65. The number of carbonyl (C=O) groups is 1. The van der Waals surface area contributed by atoms with Gasteiger partial charge >= 0.3 is 164 Å². The Kier molecular flexibility index (Phi) is 5.55. The molecule has 2 aromatic rings. The molecule has 2 aromatic carbocycles. The molecule has 0 unspecified atom stereocenters. The van der Waals surface area contributed by atoms with Gasteiger partial charge in [0.05, 0.1) is 0 Å². The van der Waals surface area contributed by atoms with E-state index < -0.39 is 21.4 Å². The zero-order valence-electron chi connectivity index (χ0n) is 15.2. The molecule has 2 aliphatic heterocycles. The molecule has 0 aromatic heterocycles. The fourth-order valence-corrected chi connectivity index (χ4v) is 11.9. The van der Waals surface area contributed by atoms with Crippen molar-refractivity contribution in [2.75, 3.05) is 26.2 Å². The summed E-state index contributed by atoms with van der Waals surface area (Å²) in [6.07, 6.45) is 4.61. The monoisotopic (exact) mass is 451 g/mol. The Labute approximate surface area is 163 Å². The molecule has 0 spiro atoms. The number of hydrogen-bond donors (Lipinski definition) is 1. The Hall–Kier alpha value is -1.46. The average Bonchev–Trinajstić information content (AvgIpc) is 2.69. The molecule has 1 saturated heterocycles. The second-order valence-electron chi connectivity index (χ2n) is 7.42. The van der Waals surface area contributed by atoms with Gasteiger partial charge in [-0.1, -0.05) is 0 Å². The average molecular weight is 451 g/mol. The van der Waals surface area contributed by atoms with Gasteiger partial charge in [-0.2, -0.15) is 0 Å². The van der Waals surface area contributed by atoms with Crippen molar-refractivity contribution in [1.82, 2.24) is 9.80 Å². The number of fused-ring (bicyclic) bond motifs is 1. The summed E-state index contributed by atoms with van der Waals surface area (Å²) in [6.45, 7) is 5.15. The van der Waals surface area contributed by atoms with E-state index in [0.717, 1.165) is 49.7 Å². The maximum absolute atomic E-state index is 11.9. The number of amides is 1. The topological polar surface area (TPSA) is 49.6 Å². The number of nitrogens with zero attached hydrogens (tertiary/aromatic N) is 2. The summed E-state index contributed by atoms with van der Waals surface area (Å²) in [6, 6.07) is 15.2. The summed E-state index contributed by atoms with van der Waals surface area (Å²) in [5.41, 5.74) is 7.13. The number of hydrogen-bond acceptors (Lipinski definition) is 3. The number of primary amides is 1. The Morgan fingerprint density at radius 2 is 1.81 bits per heavy atom. The van der Waals surface area contributed by atoms with Crippen LogP contribution in [0.5, 0.6) is 0 Å². The third-order valence-electron chi connectivity index (χ3n) is 5.76. The predicted octanol–water partition coefficient (Wildman–Crippen LogP) is 3.33. The van der Waals surface area contributed by atoms with Gasteiger partial charge in [0, 0.05) is 0 Å². The van der Waals surface area contributed by atoms with E-state index in [1.165, 1.54) is 19.8 Å².